The van der Waals surface area contributed by atoms with E-state index in [0.29, 0.717) is 6.61 Å². The van der Waals surface area contributed by atoms with Gasteiger partial charge in [-0.3, -0.25) is 0 Å². The van der Waals surface area contributed by atoms with E-state index in [4.69, 9.17) is 9.84 Å². The molecular formula is C7H17NO4S. The predicted octanol–water partition coefficient (Wildman–Crippen LogP) is -0.677. The van der Waals surface area contributed by atoms with E-state index in [0.717, 1.165) is 0 Å². The number of nitrogens with one attached hydrogen (secondary N) is 1. The fourth-order valence-corrected chi connectivity index (χ4v) is 1.61. The minimum absolute atomic E-state index is 0.0501. The molecule has 0 bridgehead atoms. The lowest BCUT2D eigenvalue weighted by Gasteiger charge is -2.07. The van der Waals surface area contributed by atoms with E-state index in [-0.39, 0.29) is 18.9 Å². The van der Waals surface area contributed by atoms with E-state index in [9.17, 15) is 8.42 Å². The van der Waals surface area contributed by atoms with Gasteiger partial charge in [-0.25, -0.2) is 13.1 Å². The SMILES string of the molecule is CCOCCS(=O)(=O)NCC(C)O. The Morgan fingerprint density at radius 3 is 2.62 bits per heavy atom. The molecule has 0 aromatic rings. The number of ether oxygens (including phenoxy) is 1. The smallest absolute Gasteiger partial charge is 0.213 e. The lowest BCUT2D eigenvalue weighted by Crippen LogP contribution is -2.33. The van der Waals surface area contributed by atoms with Gasteiger partial charge in [-0.05, 0) is 13.8 Å². The average Bonchev–Trinajstić information content (AvgIpc) is 2.02. The first kappa shape index (κ1) is 12.8. The zero-order chi connectivity index (χ0) is 10.3. The molecule has 0 saturated carbocycles. The van der Waals surface area contributed by atoms with Crippen LogP contribution in [-0.4, -0.2) is 45.1 Å². The minimum atomic E-state index is -3.28. The number of aliphatic hydroxyl groups excluding tert-OH is 1. The van der Waals surface area contributed by atoms with Crippen LogP contribution in [0.3, 0.4) is 0 Å². The highest BCUT2D eigenvalue weighted by Gasteiger charge is 2.10. The number of hydrogen-bond donors (Lipinski definition) is 2. The quantitative estimate of drug-likeness (QED) is 0.547. The molecule has 0 aliphatic carbocycles. The molecule has 6 heteroatoms. The summed E-state index contributed by atoms with van der Waals surface area (Å²) in [4.78, 5) is 0. The van der Waals surface area contributed by atoms with Gasteiger partial charge in [-0.1, -0.05) is 0 Å². The van der Waals surface area contributed by atoms with Gasteiger partial charge in [0.25, 0.3) is 0 Å². The molecule has 0 spiro atoms. The highest BCUT2D eigenvalue weighted by atomic mass is 32.2. The molecule has 0 rings (SSSR count). The summed E-state index contributed by atoms with van der Waals surface area (Å²) in [6.07, 6.45) is -0.665. The first-order valence-electron chi connectivity index (χ1n) is 4.21. The van der Waals surface area contributed by atoms with Crippen LogP contribution in [0.2, 0.25) is 0 Å². The van der Waals surface area contributed by atoms with Crippen LogP contribution in [0, 0.1) is 0 Å². The Hall–Kier alpha value is -0.170. The molecule has 0 amide bonds. The lowest BCUT2D eigenvalue weighted by atomic mass is 10.4. The second-order valence-electron chi connectivity index (χ2n) is 2.71. The van der Waals surface area contributed by atoms with Crippen molar-refractivity contribution in [2.24, 2.45) is 0 Å². The van der Waals surface area contributed by atoms with Crippen LogP contribution in [0.15, 0.2) is 0 Å². The van der Waals surface area contributed by atoms with Gasteiger partial charge in [0.05, 0.1) is 18.5 Å². The fourth-order valence-electron chi connectivity index (χ4n) is 0.633. The summed E-state index contributed by atoms with van der Waals surface area (Å²) in [5.74, 6) is -0.0619. The van der Waals surface area contributed by atoms with E-state index in [1.165, 1.54) is 6.92 Å². The van der Waals surface area contributed by atoms with Gasteiger partial charge in [-0.2, -0.15) is 0 Å². The number of sulfonamides is 1. The molecule has 0 fully saturated rings. The maximum absolute atomic E-state index is 11.1. The van der Waals surface area contributed by atoms with Crippen LogP contribution in [-0.2, 0) is 14.8 Å². The van der Waals surface area contributed by atoms with E-state index < -0.39 is 16.1 Å². The standard InChI is InChI=1S/C7H17NO4S/c1-3-12-4-5-13(10,11)8-6-7(2)9/h7-9H,3-6H2,1-2H3. The lowest BCUT2D eigenvalue weighted by molar-refractivity contribution is 0.163. The third-order valence-corrected chi connectivity index (χ3v) is 2.61. The van der Waals surface area contributed by atoms with Crippen LogP contribution in [0.5, 0.6) is 0 Å². The van der Waals surface area contributed by atoms with Crippen LogP contribution >= 0.6 is 0 Å². The number of rotatable bonds is 7. The Kier molecular flexibility index (Phi) is 6.23. The summed E-state index contributed by atoms with van der Waals surface area (Å²) in [6, 6.07) is 0. The fraction of sp³-hybridized carbons (Fsp3) is 1.00. The molecule has 1 unspecified atom stereocenters. The molecule has 0 radical (unpaired) electrons. The summed E-state index contributed by atoms with van der Waals surface area (Å²) >= 11 is 0. The Bertz CT molecular complexity index is 213. The third-order valence-electron chi connectivity index (χ3n) is 1.30. The van der Waals surface area contributed by atoms with Gasteiger partial charge in [0.2, 0.25) is 10.0 Å². The minimum Gasteiger partial charge on any atom is -0.392 e. The van der Waals surface area contributed by atoms with Crippen molar-refractivity contribution in [2.45, 2.75) is 20.0 Å². The molecule has 13 heavy (non-hydrogen) atoms. The second-order valence-corrected chi connectivity index (χ2v) is 4.64. The van der Waals surface area contributed by atoms with Gasteiger partial charge in [0.1, 0.15) is 0 Å². The Labute approximate surface area is 79.1 Å². The molecule has 0 aliphatic rings. The summed E-state index contributed by atoms with van der Waals surface area (Å²) in [5, 5.41) is 8.83. The van der Waals surface area contributed by atoms with Crippen molar-refractivity contribution in [3.63, 3.8) is 0 Å². The van der Waals surface area contributed by atoms with Crippen LogP contribution in [0.25, 0.3) is 0 Å². The summed E-state index contributed by atoms with van der Waals surface area (Å²) in [5.41, 5.74) is 0. The molecule has 2 N–H and O–H groups in total. The Morgan fingerprint density at radius 2 is 2.15 bits per heavy atom. The molecule has 80 valence electrons. The largest absolute Gasteiger partial charge is 0.392 e. The monoisotopic (exact) mass is 211 g/mol. The average molecular weight is 211 g/mol. The van der Waals surface area contributed by atoms with E-state index >= 15 is 0 Å². The first-order valence-corrected chi connectivity index (χ1v) is 5.86. The van der Waals surface area contributed by atoms with Crippen molar-refractivity contribution in [1.29, 1.82) is 0 Å². The van der Waals surface area contributed by atoms with E-state index in [2.05, 4.69) is 4.72 Å². The summed E-state index contributed by atoms with van der Waals surface area (Å²) < 4.78 is 29.4. The second kappa shape index (κ2) is 6.31. The molecular weight excluding hydrogens is 194 g/mol. The van der Waals surface area contributed by atoms with Gasteiger partial charge < -0.3 is 9.84 Å². The van der Waals surface area contributed by atoms with Gasteiger partial charge >= 0.3 is 0 Å². The molecule has 0 aliphatic heterocycles. The van der Waals surface area contributed by atoms with Crippen molar-refractivity contribution in [2.75, 3.05) is 25.5 Å². The molecule has 0 saturated heterocycles. The zero-order valence-corrected chi connectivity index (χ0v) is 8.80. The van der Waals surface area contributed by atoms with E-state index in [1.807, 2.05) is 0 Å². The number of aliphatic hydroxyl groups is 1. The molecule has 1 atom stereocenters. The van der Waals surface area contributed by atoms with Gasteiger partial charge in [0.15, 0.2) is 0 Å². The van der Waals surface area contributed by atoms with Crippen LogP contribution in [0.4, 0.5) is 0 Å². The molecule has 0 heterocycles. The van der Waals surface area contributed by atoms with Crippen molar-refractivity contribution in [3.8, 4) is 0 Å². The predicted molar refractivity (Wildman–Crippen MR) is 50.0 cm³/mol. The topological polar surface area (TPSA) is 75.6 Å². The first-order chi connectivity index (χ1) is 5.98. The molecule has 0 aromatic heterocycles. The van der Waals surface area contributed by atoms with Crippen molar-refractivity contribution >= 4 is 10.0 Å². The maximum atomic E-state index is 11.1. The number of hydrogen-bond acceptors (Lipinski definition) is 4. The summed E-state index contributed by atoms with van der Waals surface area (Å²) in [6.45, 7) is 4.06. The Balaban J connectivity index is 3.68. The van der Waals surface area contributed by atoms with Gasteiger partial charge in [0, 0.05) is 13.2 Å². The third kappa shape index (κ3) is 8.17. The van der Waals surface area contributed by atoms with Crippen molar-refractivity contribution < 1.29 is 18.3 Å². The van der Waals surface area contributed by atoms with Gasteiger partial charge in [-0.15, -0.1) is 0 Å². The van der Waals surface area contributed by atoms with Crippen LogP contribution < -0.4 is 4.72 Å². The summed E-state index contributed by atoms with van der Waals surface area (Å²) in [7, 11) is -3.28. The highest BCUT2D eigenvalue weighted by molar-refractivity contribution is 7.89. The maximum Gasteiger partial charge on any atom is 0.213 e. The molecule has 5 nitrogen and oxygen atoms in total. The highest BCUT2D eigenvalue weighted by Crippen LogP contribution is 1.86. The van der Waals surface area contributed by atoms with Crippen LogP contribution in [0.1, 0.15) is 13.8 Å². The molecule has 0 aromatic carbocycles. The van der Waals surface area contributed by atoms with E-state index in [1.54, 1.807) is 6.92 Å². The normalized spacial score (nSPS) is 14.4. The zero-order valence-electron chi connectivity index (χ0n) is 7.99. The van der Waals surface area contributed by atoms with Crippen molar-refractivity contribution in [3.05, 3.63) is 0 Å². The van der Waals surface area contributed by atoms with Crippen molar-refractivity contribution in [1.82, 2.24) is 4.72 Å². The Morgan fingerprint density at radius 1 is 1.54 bits per heavy atom.